The van der Waals surface area contributed by atoms with Crippen molar-refractivity contribution >= 4 is 39.3 Å². The lowest BCUT2D eigenvalue weighted by Gasteiger charge is -2.09. The summed E-state index contributed by atoms with van der Waals surface area (Å²) in [5, 5.41) is 0.281. The number of hydrogen-bond donors (Lipinski definition) is 2. The second kappa shape index (κ2) is 6.47. The van der Waals surface area contributed by atoms with Crippen LogP contribution in [0.4, 0.5) is 0 Å². The first-order valence-electron chi connectivity index (χ1n) is 6.50. The summed E-state index contributed by atoms with van der Waals surface area (Å²) in [6, 6.07) is 9.59. The van der Waals surface area contributed by atoms with Crippen LogP contribution in [0.2, 0.25) is 5.02 Å². The van der Waals surface area contributed by atoms with Crippen molar-refractivity contribution in [3.05, 3.63) is 57.0 Å². The fourth-order valence-corrected chi connectivity index (χ4v) is 2.53. The van der Waals surface area contributed by atoms with Crippen LogP contribution >= 0.6 is 27.5 Å². The van der Waals surface area contributed by atoms with Gasteiger partial charge in [0.15, 0.2) is 11.5 Å². The maximum absolute atomic E-state index is 12.1. The number of hydrazine groups is 1. The van der Waals surface area contributed by atoms with Crippen LogP contribution in [0.15, 0.2) is 40.9 Å². The van der Waals surface area contributed by atoms with Crippen LogP contribution in [0.3, 0.4) is 0 Å². The van der Waals surface area contributed by atoms with E-state index in [1.54, 1.807) is 30.3 Å². The summed E-state index contributed by atoms with van der Waals surface area (Å²) < 4.78 is 11.1. The Morgan fingerprint density at radius 3 is 2.57 bits per heavy atom. The second-order valence-electron chi connectivity index (χ2n) is 4.60. The van der Waals surface area contributed by atoms with Crippen molar-refractivity contribution in [2.75, 3.05) is 6.79 Å². The lowest BCUT2D eigenvalue weighted by molar-refractivity contribution is 0.0846. The van der Waals surface area contributed by atoms with Gasteiger partial charge in [0.1, 0.15) is 0 Å². The minimum Gasteiger partial charge on any atom is -0.454 e. The van der Waals surface area contributed by atoms with E-state index in [0.29, 0.717) is 21.5 Å². The Hall–Kier alpha value is -2.25. The normalized spacial score (nSPS) is 11.9. The van der Waals surface area contributed by atoms with Gasteiger partial charge in [-0.1, -0.05) is 27.5 Å². The SMILES string of the molecule is O=C(NNC(=O)c1cc(Br)ccc1Cl)c1ccc2c(c1)OCO2. The van der Waals surface area contributed by atoms with Crippen molar-refractivity contribution in [3.63, 3.8) is 0 Å². The number of benzene rings is 2. The Bertz CT molecular complexity index is 797. The molecule has 0 spiro atoms. The predicted molar refractivity (Wildman–Crippen MR) is 86.6 cm³/mol. The van der Waals surface area contributed by atoms with Gasteiger partial charge in [-0.25, -0.2) is 0 Å². The summed E-state index contributed by atoms with van der Waals surface area (Å²) in [4.78, 5) is 24.1. The third-order valence-electron chi connectivity index (χ3n) is 3.10. The molecule has 0 saturated heterocycles. The molecule has 2 aromatic rings. The number of fused-ring (bicyclic) bond motifs is 1. The largest absolute Gasteiger partial charge is 0.454 e. The molecule has 0 unspecified atom stereocenters. The van der Waals surface area contributed by atoms with Gasteiger partial charge in [0.05, 0.1) is 10.6 Å². The molecular formula is C15H10BrClN2O4. The molecule has 0 fully saturated rings. The number of ether oxygens (including phenoxy) is 2. The fraction of sp³-hybridized carbons (Fsp3) is 0.0667. The molecule has 1 aliphatic heterocycles. The topological polar surface area (TPSA) is 76.7 Å². The third-order valence-corrected chi connectivity index (χ3v) is 3.92. The highest BCUT2D eigenvalue weighted by atomic mass is 79.9. The number of amides is 2. The van der Waals surface area contributed by atoms with Gasteiger partial charge in [-0.2, -0.15) is 0 Å². The molecule has 0 radical (unpaired) electrons. The molecule has 0 aromatic heterocycles. The lowest BCUT2D eigenvalue weighted by Crippen LogP contribution is -2.41. The average Bonchev–Trinajstić information content (AvgIpc) is 3.02. The molecule has 2 aromatic carbocycles. The minimum absolute atomic E-state index is 0.124. The molecule has 6 nitrogen and oxygen atoms in total. The van der Waals surface area contributed by atoms with E-state index in [2.05, 4.69) is 26.8 Å². The van der Waals surface area contributed by atoms with Crippen molar-refractivity contribution in [3.8, 4) is 11.5 Å². The highest BCUT2D eigenvalue weighted by Gasteiger charge is 2.17. The minimum atomic E-state index is -0.523. The van der Waals surface area contributed by atoms with Crippen LogP contribution in [-0.2, 0) is 0 Å². The van der Waals surface area contributed by atoms with Gasteiger partial charge in [-0.05, 0) is 36.4 Å². The molecule has 0 atom stereocenters. The van der Waals surface area contributed by atoms with Crippen LogP contribution in [-0.4, -0.2) is 18.6 Å². The number of nitrogens with one attached hydrogen (secondary N) is 2. The molecule has 1 aliphatic rings. The maximum Gasteiger partial charge on any atom is 0.271 e. The Labute approximate surface area is 144 Å². The van der Waals surface area contributed by atoms with Crippen molar-refractivity contribution in [2.24, 2.45) is 0 Å². The fourth-order valence-electron chi connectivity index (χ4n) is 1.96. The first-order valence-corrected chi connectivity index (χ1v) is 7.67. The second-order valence-corrected chi connectivity index (χ2v) is 5.92. The zero-order valence-electron chi connectivity index (χ0n) is 11.6. The standard InChI is InChI=1S/C15H10BrClN2O4/c16-9-2-3-11(17)10(6-9)15(21)19-18-14(20)8-1-4-12-13(5-8)23-7-22-12/h1-6H,7H2,(H,18,20)(H,19,21). The van der Waals surface area contributed by atoms with E-state index in [1.165, 1.54) is 6.07 Å². The van der Waals surface area contributed by atoms with E-state index < -0.39 is 11.8 Å². The van der Waals surface area contributed by atoms with E-state index in [-0.39, 0.29) is 17.4 Å². The van der Waals surface area contributed by atoms with Gasteiger partial charge in [-0.3, -0.25) is 20.4 Å². The zero-order valence-corrected chi connectivity index (χ0v) is 13.9. The quantitative estimate of drug-likeness (QED) is 0.764. The van der Waals surface area contributed by atoms with Gasteiger partial charge >= 0.3 is 0 Å². The van der Waals surface area contributed by atoms with Gasteiger partial charge in [0, 0.05) is 10.0 Å². The van der Waals surface area contributed by atoms with Crippen LogP contribution in [0.25, 0.3) is 0 Å². The summed E-state index contributed by atoms with van der Waals surface area (Å²) in [5.74, 6) is 0.0543. The third kappa shape index (κ3) is 3.40. The van der Waals surface area contributed by atoms with Gasteiger partial charge in [-0.15, -0.1) is 0 Å². The summed E-state index contributed by atoms with van der Waals surface area (Å²) in [6.07, 6.45) is 0. The Balaban J connectivity index is 1.67. The molecule has 1 heterocycles. The summed E-state index contributed by atoms with van der Waals surface area (Å²) in [6.45, 7) is 0.124. The van der Waals surface area contributed by atoms with E-state index in [0.717, 1.165) is 0 Å². The zero-order chi connectivity index (χ0) is 16.4. The van der Waals surface area contributed by atoms with Crippen LogP contribution in [0, 0.1) is 0 Å². The maximum atomic E-state index is 12.1. The van der Waals surface area contributed by atoms with Gasteiger partial charge < -0.3 is 9.47 Å². The van der Waals surface area contributed by atoms with E-state index in [1.807, 2.05) is 0 Å². The molecule has 8 heteroatoms. The number of halogens is 2. The van der Waals surface area contributed by atoms with Crippen LogP contribution < -0.4 is 20.3 Å². The van der Waals surface area contributed by atoms with E-state index in [4.69, 9.17) is 21.1 Å². The van der Waals surface area contributed by atoms with E-state index in [9.17, 15) is 9.59 Å². The molecule has 118 valence electrons. The molecule has 3 rings (SSSR count). The first kappa shape index (κ1) is 15.6. The van der Waals surface area contributed by atoms with Gasteiger partial charge in [0.25, 0.3) is 11.8 Å². The molecule has 0 bridgehead atoms. The average molecular weight is 398 g/mol. The lowest BCUT2D eigenvalue weighted by atomic mass is 10.2. The van der Waals surface area contributed by atoms with Gasteiger partial charge in [0.2, 0.25) is 6.79 Å². The smallest absolute Gasteiger partial charge is 0.271 e. The molecule has 2 amide bonds. The molecule has 23 heavy (non-hydrogen) atoms. The molecule has 2 N–H and O–H groups in total. The molecule has 0 aliphatic carbocycles. The number of rotatable bonds is 2. The molecular weight excluding hydrogens is 388 g/mol. The number of carbonyl (C=O) groups is 2. The Morgan fingerprint density at radius 1 is 1.00 bits per heavy atom. The first-order chi connectivity index (χ1) is 11.0. The highest BCUT2D eigenvalue weighted by Crippen LogP contribution is 2.32. The summed E-state index contributed by atoms with van der Waals surface area (Å²) >= 11 is 9.22. The van der Waals surface area contributed by atoms with Crippen LogP contribution in [0.5, 0.6) is 11.5 Å². The Morgan fingerprint density at radius 2 is 1.74 bits per heavy atom. The van der Waals surface area contributed by atoms with Crippen molar-refractivity contribution < 1.29 is 19.1 Å². The van der Waals surface area contributed by atoms with E-state index >= 15 is 0 Å². The number of carbonyl (C=O) groups excluding carboxylic acids is 2. The van der Waals surface area contributed by atoms with Crippen molar-refractivity contribution in [1.29, 1.82) is 0 Å². The highest BCUT2D eigenvalue weighted by molar-refractivity contribution is 9.10. The monoisotopic (exact) mass is 396 g/mol. The summed E-state index contributed by atoms with van der Waals surface area (Å²) in [5.41, 5.74) is 5.21. The Kier molecular flexibility index (Phi) is 4.40. The van der Waals surface area contributed by atoms with Crippen molar-refractivity contribution in [2.45, 2.75) is 0 Å². The van der Waals surface area contributed by atoms with Crippen LogP contribution in [0.1, 0.15) is 20.7 Å². The summed E-state index contributed by atoms with van der Waals surface area (Å²) in [7, 11) is 0. The predicted octanol–water partition coefficient (Wildman–Crippen LogP) is 2.91. The van der Waals surface area contributed by atoms with Crippen molar-refractivity contribution in [1.82, 2.24) is 10.9 Å². The number of hydrogen-bond acceptors (Lipinski definition) is 4. The molecule has 0 saturated carbocycles.